The van der Waals surface area contributed by atoms with Crippen molar-refractivity contribution in [2.24, 2.45) is 5.92 Å². The molecule has 0 unspecified atom stereocenters. The van der Waals surface area contributed by atoms with E-state index in [0.29, 0.717) is 41.8 Å². The highest BCUT2D eigenvalue weighted by molar-refractivity contribution is 5.95. The zero-order valence-electron chi connectivity index (χ0n) is 23.0. The summed E-state index contributed by atoms with van der Waals surface area (Å²) in [6.45, 7) is 7.76. The zero-order chi connectivity index (χ0) is 27.5. The first-order valence-electron chi connectivity index (χ1n) is 13.2. The molecule has 1 aliphatic rings. The number of carbonyl (C=O) groups excluding carboxylic acids is 2. The molecule has 0 N–H and O–H groups in total. The lowest BCUT2D eigenvalue weighted by Crippen LogP contribution is -2.41. The first-order chi connectivity index (χ1) is 18.3. The van der Waals surface area contributed by atoms with Crippen LogP contribution in [-0.2, 0) is 20.9 Å². The van der Waals surface area contributed by atoms with Crippen LogP contribution in [0.5, 0.6) is 11.5 Å². The zero-order valence-corrected chi connectivity index (χ0v) is 23.0. The summed E-state index contributed by atoms with van der Waals surface area (Å²) in [4.78, 5) is 32.2. The number of fused-ring (bicyclic) bond motifs is 1. The Kier molecular flexibility index (Phi) is 11.4. The Morgan fingerprint density at radius 2 is 1.63 bits per heavy atom. The third kappa shape index (κ3) is 8.43. The second-order valence-corrected chi connectivity index (χ2v) is 9.91. The summed E-state index contributed by atoms with van der Waals surface area (Å²) in [7, 11) is 3.03. The Hall–Kier alpha value is -3.17. The molecular weight excluding hydrogens is 489 g/mol. The summed E-state index contributed by atoms with van der Waals surface area (Å²) < 4.78 is 30.7. The number of hydrogen-bond donors (Lipinski definition) is 0. The molecule has 208 valence electrons. The lowest BCUT2D eigenvalue weighted by atomic mass is 10.1. The lowest BCUT2D eigenvalue weighted by molar-refractivity contribution is -0.134. The molecule has 1 aliphatic heterocycles. The van der Waals surface area contributed by atoms with Gasteiger partial charge in [0.15, 0.2) is 18.1 Å². The second-order valence-electron chi connectivity index (χ2n) is 9.91. The molecule has 8 nitrogen and oxygen atoms in total. The molecule has 0 atom stereocenters. The quantitative estimate of drug-likeness (QED) is 0.515. The Balaban J connectivity index is 1.90. The van der Waals surface area contributed by atoms with Gasteiger partial charge in [-0.2, -0.15) is 0 Å². The number of benzene rings is 2. The summed E-state index contributed by atoms with van der Waals surface area (Å²) in [5.74, 6) is 0.653. The molecule has 2 aromatic carbocycles. The van der Waals surface area contributed by atoms with E-state index in [9.17, 15) is 14.0 Å². The van der Waals surface area contributed by atoms with Crippen molar-refractivity contribution in [1.82, 2.24) is 9.80 Å². The normalized spacial score (nSPS) is 15.4. The fourth-order valence-electron chi connectivity index (χ4n) is 4.74. The van der Waals surface area contributed by atoms with Crippen molar-refractivity contribution in [2.75, 3.05) is 65.1 Å². The molecule has 2 amide bonds. The van der Waals surface area contributed by atoms with Crippen LogP contribution in [0.4, 0.5) is 10.1 Å². The van der Waals surface area contributed by atoms with Crippen LogP contribution in [0, 0.1) is 11.7 Å². The lowest BCUT2D eigenvalue weighted by Gasteiger charge is -2.32. The van der Waals surface area contributed by atoms with Crippen LogP contribution in [0.3, 0.4) is 0 Å². The Morgan fingerprint density at radius 1 is 0.921 bits per heavy atom. The van der Waals surface area contributed by atoms with E-state index in [1.807, 2.05) is 12.1 Å². The second kappa shape index (κ2) is 14.7. The number of halogens is 1. The molecule has 2 aromatic rings. The van der Waals surface area contributed by atoms with Gasteiger partial charge in [-0.15, -0.1) is 0 Å². The molecule has 1 heterocycles. The van der Waals surface area contributed by atoms with E-state index in [-0.39, 0.29) is 31.6 Å². The van der Waals surface area contributed by atoms with Crippen molar-refractivity contribution in [1.29, 1.82) is 0 Å². The van der Waals surface area contributed by atoms with Gasteiger partial charge in [0.25, 0.3) is 11.8 Å². The number of amides is 2. The number of rotatable bonds is 8. The molecule has 3 rings (SSSR count). The molecule has 9 heteroatoms. The highest BCUT2D eigenvalue weighted by atomic mass is 19.1. The largest absolute Gasteiger partial charge is 0.493 e. The van der Waals surface area contributed by atoms with Crippen LogP contribution < -0.4 is 14.4 Å². The van der Waals surface area contributed by atoms with Crippen molar-refractivity contribution in [3.63, 3.8) is 0 Å². The van der Waals surface area contributed by atoms with Crippen molar-refractivity contribution < 1.29 is 28.2 Å². The number of para-hydroxylation sites is 2. The summed E-state index contributed by atoms with van der Waals surface area (Å²) in [6.07, 6.45) is 1.54. The molecular formula is C29H40FN3O5. The third-order valence-electron chi connectivity index (χ3n) is 6.42. The first-order valence-corrected chi connectivity index (χ1v) is 13.2. The van der Waals surface area contributed by atoms with E-state index < -0.39 is 5.82 Å². The average molecular weight is 530 g/mol. The van der Waals surface area contributed by atoms with Gasteiger partial charge >= 0.3 is 0 Å². The SMILES string of the molecule is COCC(=O)N1CCCN(CC(C)C)CCCN(C(=O)COc2ccccc2OC)Cc2cc(F)ccc21. The number of methoxy groups -OCH3 is 2. The molecule has 0 aromatic heterocycles. The van der Waals surface area contributed by atoms with E-state index in [4.69, 9.17) is 14.2 Å². The van der Waals surface area contributed by atoms with Crippen LogP contribution in [0.25, 0.3) is 0 Å². The van der Waals surface area contributed by atoms with Gasteiger partial charge in [0, 0.05) is 39.0 Å². The van der Waals surface area contributed by atoms with Crippen LogP contribution in [0.15, 0.2) is 42.5 Å². The first kappa shape index (κ1) is 29.4. The summed E-state index contributed by atoms with van der Waals surface area (Å²) in [5, 5.41) is 0. The molecule has 0 saturated carbocycles. The van der Waals surface area contributed by atoms with Gasteiger partial charge in [-0.05, 0) is 67.7 Å². The maximum absolute atomic E-state index is 14.4. The van der Waals surface area contributed by atoms with Crippen LogP contribution >= 0.6 is 0 Å². The molecule has 0 aliphatic carbocycles. The van der Waals surface area contributed by atoms with Gasteiger partial charge in [0.05, 0.1) is 7.11 Å². The van der Waals surface area contributed by atoms with Crippen molar-refractivity contribution in [2.45, 2.75) is 33.2 Å². The Labute approximate surface area is 225 Å². The monoisotopic (exact) mass is 529 g/mol. The van der Waals surface area contributed by atoms with Gasteiger partial charge in [-0.25, -0.2) is 4.39 Å². The Morgan fingerprint density at radius 3 is 2.32 bits per heavy atom. The fraction of sp³-hybridized carbons (Fsp3) is 0.517. The summed E-state index contributed by atoms with van der Waals surface area (Å²) in [6, 6.07) is 11.5. The highest BCUT2D eigenvalue weighted by Gasteiger charge is 2.24. The minimum Gasteiger partial charge on any atom is -0.493 e. The van der Waals surface area contributed by atoms with E-state index >= 15 is 0 Å². The maximum atomic E-state index is 14.4. The highest BCUT2D eigenvalue weighted by Crippen LogP contribution is 2.27. The molecule has 0 bridgehead atoms. The van der Waals surface area contributed by atoms with Crippen molar-refractivity contribution in [3.8, 4) is 11.5 Å². The standard InChI is InChI=1S/C29H40FN3O5/c1-22(2)18-31-13-7-15-32(28(34)21-38-27-10-6-5-9-26(27)37-4)19-23-17-24(30)11-12-25(23)33(16-8-14-31)29(35)20-36-3/h5-6,9-12,17,22H,7-8,13-16,18-21H2,1-4H3. The van der Waals surface area contributed by atoms with Crippen LogP contribution in [0.2, 0.25) is 0 Å². The minimum atomic E-state index is -0.421. The number of carbonyl (C=O) groups is 2. The van der Waals surface area contributed by atoms with E-state index in [0.717, 1.165) is 32.5 Å². The molecule has 0 radical (unpaired) electrons. The van der Waals surface area contributed by atoms with Gasteiger partial charge in [-0.1, -0.05) is 26.0 Å². The summed E-state index contributed by atoms with van der Waals surface area (Å²) >= 11 is 0. The number of anilines is 1. The third-order valence-corrected chi connectivity index (χ3v) is 6.42. The molecule has 38 heavy (non-hydrogen) atoms. The van der Waals surface area contributed by atoms with E-state index in [2.05, 4.69) is 18.7 Å². The number of hydrogen-bond acceptors (Lipinski definition) is 6. The van der Waals surface area contributed by atoms with Gasteiger partial charge in [0.1, 0.15) is 12.4 Å². The minimum absolute atomic E-state index is 0.0814. The molecule has 0 fully saturated rings. The van der Waals surface area contributed by atoms with Gasteiger partial charge in [-0.3, -0.25) is 9.59 Å². The molecule has 0 spiro atoms. The number of nitrogens with zero attached hydrogens (tertiary/aromatic N) is 3. The maximum Gasteiger partial charge on any atom is 0.260 e. The van der Waals surface area contributed by atoms with E-state index in [1.165, 1.54) is 19.2 Å². The predicted octanol–water partition coefficient (Wildman–Crippen LogP) is 3.97. The van der Waals surface area contributed by atoms with Crippen molar-refractivity contribution >= 4 is 17.5 Å². The smallest absolute Gasteiger partial charge is 0.260 e. The number of ether oxygens (including phenoxy) is 3. The molecule has 0 saturated heterocycles. The van der Waals surface area contributed by atoms with Gasteiger partial charge in [0.2, 0.25) is 0 Å². The fourth-order valence-corrected chi connectivity index (χ4v) is 4.74. The van der Waals surface area contributed by atoms with Gasteiger partial charge < -0.3 is 28.9 Å². The van der Waals surface area contributed by atoms with Crippen LogP contribution in [0.1, 0.15) is 32.3 Å². The topological polar surface area (TPSA) is 71.6 Å². The average Bonchev–Trinajstić information content (AvgIpc) is 2.88. The van der Waals surface area contributed by atoms with Crippen molar-refractivity contribution in [3.05, 3.63) is 53.8 Å². The predicted molar refractivity (Wildman–Crippen MR) is 145 cm³/mol. The van der Waals surface area contributed by atoms with Crippen LogP contribution in [-0.4, -0.2) is 81.8 Å². The van der Waals surface area contributed by atoms with E-state index in [1.54, 1.807) is 35.1 Å². The Bertz CT molecular complexity index is 1060. The summed E-state index contributed by atoms with van der Waals surface area (Å²) in [5.41, 5.74) is 1.16.